The number of nitrogens with one attached hydrogen (secondary N) is 1. The van der Waals surface area contributed by atoms with Gasteiger partial charge in [-0.3, -0.25) is 19.2 Å². The lowest BCUT2D eigenvalue weighted by Crippen LogP contribution is -2.52. The van der Waals surface area contributed by atoms with Gasteiger partial charge in [-0.05, 0) is 73.1 Å². The number of hydrogen-bond donors (Lipinski definition) is 1. The van der Waals surface area contributed by atoms with Crippen molar-refractivity contribution in [3.8, 4) is 0 Å². The lowest BCUT2D eigenvalue weighted by atomic mass is 10.0. The largest absolute Gasteiger partial charge is 0.416 e. The summed E-state index contributed by atoms with van der Waals surface area (Å²) in [5.74, 6) is -0.528. The number of benzene rings is 2. The Morgan fingerprint density at radius 1 is 1.22 bits per heavy atom. The molecular formula is C25H21ClF4N4O2S. The van der Waals surface area contributed by atoms with Crippen molar-refractivity contribution in [1.82, 2.24) is 20.0 Å². The van der Waals surface area contributed by atoms with E-state index in [0.29, 0.717) is 35.1 Å². The molecule has 2 aliphatic rings. The number of rotatable bonds is 4. The van der Waals surface area contributed by atoms with Gasteiger partial charge in [0.15, 0.2) is 0 Å². The van der Waals surface area contributed by atoms with Gasteiger partial charge in [0.25, 0.3) is 11.1 Å². The molecule has 12 heteroatoms. The highest BCUT2D eigenvalue weighted by atomic mass is 35.5. The molecule has 0 spiro atoms. The summed E-state index contributed by atoms with van der Waals surface area (Å²) in [5, 5.41) is 7.52. The monoisotopic (exact) mass is 552 g/mol. The highest BCUT2D eigenvalue weighted by molar-refractivity contribution is 8.18. The van der Waals surface area contributed by atoms with Gasteiger partial charge in [0, 0.05) is 17.0 Å². The van der Waals surface area contributed by atoms with Crippen molar-refractivity contribution in [3.05, 3.63) is 68.7 Å². The van der Waals surface area contributed by atoms with Crippen LogP contribution >= 0.6 is 23.4 Å². The van der Waals surface area contributed by atoms with Crippen molar-refractivity contribution >= 4 is 51.5 Å². The summed E-state index contributed by atoms with van der Waals surface area (Å²) < 4.78 is 56.5. The summed E-state index contributed by atoms with van der Waals surface area (Å²) in [6.45, 7) is 2.23. The molecule has 2 aliphatic heterocycles. The predicted octanol–water partition coefficient (Wildman–Crippen LogP) is 5.80. The molecule has 1 aromatic heterocycles. The van der Waals surface area contributed by atoms with Gasteiger partial charge in [-0.2, -0.15) is 18.3 Å². The van der Waals surface area contributed by atoms with Crippen LogP contribution < -0.4 is 5.32 Å². The van der Waals surface area contributed by atoms with Crippen molar-refractivity contribution in [2.24, 2.45) is 0 Å². The zero-order valence-electron chi connectivity index (χ0n) is 19.5. The molecule has 194 valence electrons. The predicted molar refractivity (Wildman–Crippen MR) is 134 cm³/mol. The Balaban J connectivity index is 1.44. The van der Waals surface area contributed by atoms with Gasteiger partial charge in [0.1, 0.15) is 6.17 Å². The van der Waals surface area contributed by atoms with E-state index in [9.17, 15) is 27.2 Å². The van der Waals surface area contributed by atoms with Crippen LogP contribution in [0.4, 0.5) is 22.4 Å². The Kier molecular flexibility index (Phi) is 6.80. The number of aryl methyl sites for hydroxylation is 1. The van der Waals surface area contributed by atoms with Gasteiger partial charge in [-0.1, -0.05) is 23.7 Å². The zero-order valence-corrected chi connectivity index (χ0v) is 21.1. The van der Waals surface area contributed by atoms with Crippen molar-refractivity contribution in [2.75, 3.05) is 13.1 Å². The first-order chi connectivity index (χ1) is 17.5. The maximum absolute atomic E-state index is 14.4. The Morgan fingerprint density at radius 2 is 2.00 bits per heavy atom. The number of carbonyl (C=O) groups is 2. The minimum Gasteiger partial charge on any atom is -0.314 e. The van der Waals surface area contributed by atoms with Crippen LogP contribution in [-0.2, 0) is 17.5 Å². The van der Waals surface area contributed by atoms with E-state index in [1.165, 1.54) is 16.8 Å². The normalized spacial score (nSPS) is 22.0. The third-order valence-corrected chi connectivity index (χ3v) is 7.60. The van der Waals surface area contributed by atoms with Crippen molar-refractivity contribution in [2.45, 2.75) is 38.3 Å². The first kappa shape index (κ1) is 25.7. The molecule has 1 N–H and O–H groups in total. The maximum atomic E-state index is 14.4. The molecule has 2 amide bonds. The van der Waals surface area contributed by atoms with Crippen molar-refractivity contribution < 1.29 is 27.2 Å². The second-order valence-corrected chi connectivity index (χ2v) is 10.4. The van der Waals surface area contributed by atoms with E-state index in [2.05, 4.69) is 10.4 Å². The van der Waals surface area contributed by atoms with E-state index in [-0.39, 0.29) is 28.6 Å². The molecule has 6 nitrogen and oxygen atoms in total. The van der Waals surface area contributed by atoms with Crippen LogP contribution in [0.25, 0.3) is 17.0 Å². The molecule has 0 bridgehead atoms. The number of fused-ring (bicyclic) bond motifs is 1. The number of carbonyl (C=O) groups excluding carboxylic acids is 2. The molecule has 0 radical (unpaired) electrons. The molecule has 0 unspecified atom stereocenters. The molecule has 0 aliphatic carbocycles. The zero-order chi connectivity index (χ0) is 26.5. The third-order valence-electron chi connectivity index (χ3n) is 6.48. The SMILES string of the molecule is Cc1nn(Cc2ccc(Cl)cc2C(F)(F)F)c2ccc(/C=C3\SC(=O)N([C@H]4CCNC[C@@H]4F)C3=O)cc12. The molecule has 2 saturated heterocycles. The average Bonchev–Trinajstić information content (AvgIpc) is 3.29. The third kappa shape index (κ3) is 4.99. The summed E-state index contributed by atoms with van der Waals surface area (Å²) in [5.41, 5.74) is 1.03. The van der Waals surface area contributed by atoms with Gasteiger partial charge in [-0.25, -0.2) is 4.39 Å². The molecule has 3 heterocycles. The van der Waals surface area contributed by atoms with Crippen molar-refractivity contribution in [3.63, 3.8) is 0 Å². The first-order valence-corrected chi connectivity index (χ1v) is 12.7. The van der Waals surface area contributed by atoms with Crippen LogP contribution in [0, 0.1) is 6.92 Å². The number of aromatic nitrogens is 2. The van der Waals surface area contributed by atoms with Gasteiger partial charge in [-0.15, -0.1) is 0 Å². The molecule has 2 atom stereocenters. The average molecular weight is 553 g/mol. The molecule has 37 heavy (non-hydrogen) atoms. The molecule has 5 rings (SSSR count). The van der Waals surface area contributed by atoms with Gasteiger partial charge in [0.05, 0.1) is 34.3 Å². The summed E-state index contributed by atoms with van der Waals surface area (Å²) >= 11 is 6.56. The van der Waals surface area contributed by atoms with Gasteiger partial charge < -0.3 is 5.32 Å². The first-order valence-electron chi connectivity index (χ1n) is 11.5. The van der Waals surface area contributed by atoms with Gasteiger partial charge >= 0.3 is 6.18 Å². The highest BCUT2D eigenvalue weighted by Crippen LogP contribution is 2.37. The molecule has 2 aromatic carbocycles. The Morgan fingerprint density at radius 3 is 2.73 bits per heavy atom. The quantitative estimate of drug-likeness (QED) is 0.327. The highest BCUT2D eigenvalue weighted by Gasteiger charge is 2.43. The number of halogens is 5. The van der Waals surface area contributed by atoms with E-state index in [1.54, 1.807) is 31.2 Å². The Labute approximate surface area is 218 Å². The summed E-state index contributed by atoms with van der Waals surface area (Å²) in [6.07, 6.45) is -3.98. The molecular weight excluding hydrogens is 532 g/mol. The van der Waals surface area contributed by atoms with E-state index in [0.717, 1.165) is 22.7 Å². The maximum Gasteiger partial charge on any atom is 0.416 e. The summed E-state index contributed by atoms with van der Waals surface area (Å²) in [4.78, 5) is 26.7. The van der Waals surface area contributed by atoms with E-state index in [4.69, 9.17) is 11.6 Å². The number of piperidine rings is 1. The fourth-order valence-corrected chi connectivity index (χ4v) is 5.75. The fourth-order valence-electron chi connectivity index (χ4n) is 4.69. The van der Waals surface area contributed by atoms with Gasteiger partial charge in [0.2, 0.25) is 0 Å². The summed E-state index contributed by atoms with van der Waals surface area (Å²) in [6, 6.07) is 8.01. The standard InChI is InChI=1S/C25H21ClF4N4O2S/c1-13-17-8-14(9-22-23(35)34(24(36)37-22)21-6-7-31-11-19(21)27)2-5-20(17)33(32-13)12-15-3-4-16(26)10-18(15)25(28,29)30/h2-5,8-10,19,21,31H,6-7,11-12H2,1H3/b22-9-/t19-,21-/m0/s1. The van der Waals surface area contributed by atoms with Crippen LogP contribution in [0.2, 0.25) is 5.02 Å². The lowest BCUT2D eigenvalue weighted by molar-refractivity contribution is -0.138. The number of hydrogen-bond acceptors (Lipinski definition) is 5. The Bertz CT molecular complexity index is 1440. The number of amides is 2. The minimum absolute atomic E-state index is 0.00572. The minimum atomic E-state index is -4.56. The van der Waals surface area contributed by atoms with Crippen LogP contribution in [0.15, 0.2) is 41.3 Å². The fraction of sp³-hybridized carbons (Fsp3) is 0.320. The Hall–Kier alpha value is -2.89. The van der Waals surface area contributed by atoms with E-state index >= 15 is 0 Å². The number of alkyl halides is 4. The molecule has 2 fully saturated rings. The van der Waals surface area contributed by atoms with Crippen LogP contribution in [0.5, 0.6) is 0 Å². The topological polar surface area (TPSA) is 67.2 Å². The smallest absolute Gasteiger partial charge is 0.314 e. The second kappa shape index (κ2) is 9.77. The number of nitrogens with zero attached hydrogens (tertiary/aromatic N) is 3. The second-order valence-electron chi connectivity index (χ2n) is 8.95. The van der Waals surface area contributed by atoms with Crippen LogP contribution in [0.1, 0.15) is 28.8 Å². The van der Waals surface area contributed by atoms with Crippen LogP contribution in [-0.4, -0.2) is 51.1 Å². The van der Waals surface area contributed by atoms with Crippen molar-refractivity contribution in [1.29, 1.82) is 0 Å². The van der Waals surface area contributed by atoms with E-state index < -0.39 is 35.1 Å². The molecule has 0 saturated carbocycles. The lowest BCUT2D eigenvalue weighted by Gasteiger charge is -2.32. The van der Waals surface area contributed by atoms with Crippen LogP contribution in [0.3, 0.4) is 0 Å². The summed E-state index contributed by atoms with van der Waals surface area (Å²) in [7, 11) is 0. The molecule has 3 aromatic rings. The van der Waals surface area contributed by atoms with E-state index in [1.807, 2.05) is 0 Å². The number of imide groups is 1. The number of thioether (sulfide) groups is 1.